The first kappa shape index (κ1) is 11.8. The van der Waals surface area contributed by atoms with Gasteiger partial charge in [0.2, 0.25) is 0 Å². The molecule has 3 N–H and O–H groups in total. The van der Waals surface area contributed by atoms with Crippen molar-refractivity contribution in [1.29, 1.82) is 0 Å². The number of aryl methyl sites for hydroxylation is 2. The summed E-state index contributed by atoms with van der Waals surface area (Å²) in [4.78, 5) is 11.2. The van der Waals surface area contributed by atoms with Crippen LogP contribution >= 0.6 is 11.3 Å². The highest BCUT2D eigenvalue weighted by atomic mass is 32.1. The molecule has 1 atom stereocenters. The zero-order valence-electron chi connectivity index (χ0n) is 10.1. The van der Waals surface area contributed by atoms with E-state index >= 15 is 0 Å². The van der Waals surface area contributed by atoms with Gasteiger partial charge in [0.15, 0.2) is 0 Å². The Balaban J connectivity index is 1.94. The lowest BCUT2D eigenvalue weighted by atomic mass is 9.98. The Morgan fingerprint density at radius 1 is 1.28 bits per heavy atom. The van der Waals surface area contributed by atoms with E-state index in [4.69, 9.17) is 5.84 Å². The summed E-state index contributed by atoms with van der Waals surface area (Å²) in [5.74, 6) is 5.68. The van der Waals surface area contributed by atoms with Gasteiger partial charge < -0.3 is 0 Å². The smallest absolute Gasteiger partial charge is 0.0988 e. The Hall–Kier alpha value is -1.30. The molecule has 4 nitrogen and oxygen atoms in total. The summed E-state index contributed by atoms with van der Waals surface area (Å²) in [7, 11) is 0. The van der Waals surface area contributed by atoms with E-state index < -0.39 is 0 Å². The lowest BCUT2D eigenvalue weighted by molar-refractivity contribution is 0.626. The minimum Gasteiger partial charge on any atom is -0.270 e. The van der Waals surface area contributed by atoms with E-state index in [1.54, 1.807) is 18.6 Å². The molecule has 0 fully saturated rings. The number of hydrazine groups is 1. The molecule has 1 aliphatic rings. The summed E-state index contributed by atoms with van der Waals surface area (Å²) in [5, 5.41) is 0. The predicted octanol–water partition coefficient (Wildman–Crippen LogP) is 1.97. The zero-order valence-corrected chi connectivity index (χ0v) is 10.9. The summed E-state index contributed by atoms with van der Waals surface area (Å²) >= 11 is 1.85. The first-order chi connectivity index (χ1) is 8.88. The molecule has 2 heterocycles. The molecule has 18 heavy (non-hydrogen) atoms. The molecule has 0 saturated heterocycles. The quantitative estimate of drug-likeness (QED) is 0.654. The lowest BCUT2D eigenvalue weighted by Crippen LogP contribution is -2.28. The second-order valence-corrected chi connectivity index (χ2v) is 5.70. The molecule has 0 saturated carbocycles. The van der Waals surface area contributed by atoms with E-state index in [9.17, 15) is 0 Å². The number of thiophene rings is 1. The number of aromatic nitrogens is 2. The molecule has 5 heteroatoms. The molecule has 1 unspecified atom stereocenters. The van der Waals surface area contributed by atoms with Crippen LogP contribution in [0.5, 0.6) is 0 Å². The van der Waals surface area contributed by atoms with Gasteiger partial charge in [0.25, 0.3) is 0 Å². The van der Waals surface area contributed by atoms with Crippen LogP contribution in [0.2, 0.25) is 0 Å². The second kappa shape index (κ2) is 5.14. The van der Waals surface area contributed by atoms with Crippen LogP contribution in [0.4, 0.5) is 0 Å². The van der Waals surface area contributed by atoms with Gasteiger partial charge in [0.05, 0.1) is 17.9 Å². The van der Waals surface area contributed by atoms with Gasteiger partial charge in [0, 0.05) is 22.1 Å². The van der Waals surface area contributed by atoms with Gasteiger partial charge in [-0.05, 0) is 37.3 Å². The predicted molar refractivity (Wildman–Crippen MR) is 72.2 cm³/mol. The van der Waals surface area contributed by atoms with Crippen molar-refractivity contribution in [2.24, 2.45) is 5.84 Å². The monoisotopic (exact) mass is 260 g/mol. The van der Waals surface area contributed by atoms with Crippen molar-refractivity contribution in [3.05, 3.63) is 45.7 Å². The summed E-state index contributed by atoms with van der Waals surface area (Å²) in [5.41, 5.74) is 5.22. The highest BCUT2D eigenvalue weighted by Crippen LogP contribution is 2.34. The number of hydrogen-bond donors (Lipinski definition) is 2. The van der Waals surface area contributed by atoms with E-state index in [1.165, 1.54) is 41.0 Å². The molecule has 0 bridgehead atoms. The number of nitrogens with two attached hydrogens (primary N) is 1. The van der Waals surface area contributed by atoms with Crippen LogP contribution < -0.4 is 11.3 Å². The van der Waals surface area contributed by atoms with E-state index in [1.807, 2.05) is 11.3 Å². The third kappa shape index (κ3) is 2.16. The molecule has 0 aromatic carbocycles. The minimum atomic E-state index is -0.0469. The molecule has 0 radical (unpaired) electrons. The molecule has 3 rings (SSSR count). The van der Waals surface area contributed by atoms with E-state index in [-0.39, 0.29) is 6.04 Å². The summed E-state index contributed by atoms with van der Waals surface area (Å²) in [6, 6.07) is 2.23. The molecule has 0 amide bonds. The normalized spacial score (nSPS) is 16.3. The van der Waals surface area contributed by atoms with Crippen molar-refractivity contribution in [3.63, 3.8) is 0 Å². The largest absolute Gasteiger partial charge is 0.270 e. The molecule has 0 spiro atoms. The maximum absolute atomic E-state index is 5.68. The van der Waals surface area contributed by atoms with Crippen molar-refractivity contribution in [3.8, 4) is 0 Å². The van der Waals surface area contributed by atoms with E-state index in [0.29, 0.717) is 0 Å². The lowest BCUT2D eigenvalue weighted by Gasteiger charge is -2.12. The van der Waals surface area contributed by atoms with Crippen LogP contribution in [-0.2, 0) is 12.8 Å². The summed E-state index contributed by atoms with van der Waals surface area (Å²) < 4.78 is 0. The fourth-order valence-electron chi connectivity index (χ4n) is 2.43. The Labute approximate surface area is 110 Å². The van der Waals surface area contributed by atoms with Crippen LogP contribution in [0.1, 0.15) is 39.9 Å². The summed E-state index contributed by atoms with van der Waals surface area (Å²) in [6.45, 7) is 0. The fraction of sp³-hybridized carbons (Fsp3) is 0.385. The Morgan fingerprint density at radius 3 is 2.89 bits per heavy atom. The van der Waals surface area contributed by atoms with Gasteiger partial charge in [-0.25, -0.2) is 5.43 Å². The molecular formula is C13H16N4S. The Bertz CT molecular complexity index is 500. The fourth-order valence-corrected chi connectivity index (χ4v) is 3.76. The van der Waals surface area contributed by atoms with Crippen LogP contribution in [0, 0.1) is 0 Å². The SMILES string of the molecule is NNC(c1cnccn1)c1cc2c(s1)CCCC2. The maximum Gasteiger partial charge on any atom is 0.0988 e. The maximum atomic E-state index is 5.68. The molecule has 0 aliphatic heterocycles. The zero-order chi connectivity index (χ0) is 12.4. The third-order valence-corrected chi connectivity index (χ3v) is 4.65. The number of nitrogens with zero attached hydrogens (tertiary/aromatic N) is 2. The van der Waals surface area contributed by atoms with Gasteiger partial charge in [-0.15, -0.1) is 11.3 Å². The molecule has 2 aromatic rings. The van der Waals surface area contributed by atoms with Crippen LogP contribution in [0.3, 0.4) is 0 Å². The van der Waals surface area contributed by atoms with Crippen molar-refractivity contribution < 1.29 is 0 Å². The topological polar surface area (TPSA) is 63.8 Å². The highest BCUT2D eigenvalue weighted by Gasteiger charge is 2.20. The third-order valence-electron chi connectivity index (χ3n) is 3.35. The number of hydrogen-bond acceptors (Lipinski definition) is 5. The van der Waals surface area contributed by atoms with Gasteiger partial charge >= 0.3 is 0 Å². The molecule has 1 aliphatic carbocycles. The first-order valence-corrected chi connectivity index (χ1v) is 7.03. The van der Waals surface area contributed by atoms with Crippen molar-refractivity contribution in [2.75, 3.05) is 0 Å². The van der Waals surface area contributed by atoms with Gasteiger partial charge in [-0.2, -0.15) is 0 Å². The Morgan fingerprint density at radius 2 is 2.17 bits per heavy atom. The first-order valence-electron chi connectivity index (χ1n) is 6.22. The average molecular weight is 260 g/mol. The Kier molecular flexibility index (Phi) is 3.36. The highest BCUT2D eigenvalue weighted by molar-refractivity contribution is 7.12. The van der Waals surface area contributed by atoms with Crippen molar-refractivity contribution in [2.45, 2.75) is 31.7 Å². The molecule has 94 valence electrons. The number of nitrogens with one attached hydrogen (secondary N) is 1. The van der Waals surface area contributed by atoms with E-state index in [2.05, 4.69) is 21.5 Å². The van der Waals surface area contributed by atoms with Crippen molar-refractivity contribution >= 4 is 11.3 Å². The van der Waals surface area contributed by atoms with Gasteiger partial charge in [-0.1, -0.05) is 0 Å². The molecular weight excluding hydrogens is 244 g/mol. The van der Waals surface area contributed by atoms with Gasteiger partial charge in [-0.3, -0.25) is 15.8 Å². The standard InChI is InChI=1S/C13H16N4S/c14-17-13(10-8-15-5-6-16-10)12-7-9-3-1-2-4-11(9)18-12/h5-8,13,17H,1-4,14H2. The van der Waals surface area contributed by atoms with Gasteiger partial charge in [0.1, 0.15) is 0 Å². The van der Waals surface area contributed by atoms with Crippen LogP contribution in [-0.4, -0.2) is 9.97 Å². The second-order valence-electron chi connectivity index (χ2n) is 4.53. The number of fused-ring (bicyclic) bond motifs is 1. The molecule has 2 aromatic heterocycles. The minimum absolute atomic E-state index is 0.0469. The average Bonchev–Trinajstić information content (AvgIpc) is 2.84. The van der Waals surface area contributed by atoms with Crippen LogP contribution in [0.25, 0.3) is 0 Å². The van der Waals surface area contributed by atoms with Crippen LogP contribution in [0.15, 0.2) is 24.7 Å². The van der Waals surface area contributed by atoms with Crippen molar-refractivity contribution in [1.82, 2.24) is 15.4 Å². The number of rotatable bonds is 3. The van der Waals surface area contributed by atoms with E-state index in [0.717, 1.165) is 5.69 Å². The summed E-state index contributed by atoms with van der Waals surface area (Å²) in [6.07, 6.45) is 10.2.